The molecule has 0 aliphatic heterocycles. The van der Waals surface area contributed by atoms with Crippen LogP contribution in [0.3, 0.4) is 0 Å². The number of nitrogens with one attached hydrogen (secondary N) is 1. The summed E-state index contributed by atoms with van der Waals surface area (Å²) in [5.74, 6) is -1.02. The molecule has 0 atom stereocenters. The number of H-pyrrole nitrogens is 1. The normalized spacial score (nSPS) is 10.9. The average molecular weight is 302 g/mol. The molecule has 21 heavy (non-hydrogen) atoms. The van der Waals surface area contributed by atoms with Crippen molar-refractivity contribution < 1.29 is 9.90 Å². The Kier molecular flexibility index (Phi) is 3.19. The lowest BCUT2D eigenvalue weighted by Crippen LogP contribution is -2.29. The van der Waals surface area contributed by atoms with E-state index >= 15 is 0 Å². The van der Waals surface area contributed by atoms with Gasteiger partial charge < -0.3 is 5.11 Å². The maximum absolute atomic E-state index is 11.7. The van der Waals surface area contributed by atoms with Crippen molar-refractivity contribution in [1.82, 2.24) is 9.55 Å². The predicted molar refractivity (Wildman–Crippen MR) is 79.2 cm³/mol. The first-order valence-electron chi connectivity index (χ1n) is 6.10. The number of nitrogens with zero attached hydrogens (tertiary/aromatic N) is 1. The van der Waals surface area contributed by atoms with Crippen molar-refractivity contribution in [2.45, 2.75) is 6.54 Å². The molecule has 7 heteroatoms. The third-order valence-electron chi connectivity index (χ3n) is 3.12. The van der Waals surface area contributed by atoms with Gasteiger partial charge in [-0.15, -0.1) is 11.3 Å². The highest BCUT2D eigenvalue weighted by Crippen LogP contribution is 2.31. The van der Waals surface area contributed by atoms with E-state index in [-0.39, 0.29) is 11.4 Å². The number of hydrogen-bond acceptors (Lipinski definition) is 4. The summed E-state index contributed by atoms with van der Waals surface area (Å²) >= 11 is 1.17. The number of fused-ring (bicyclic) bond motifs is 1. The summed E-state index contributed by atoms with van der Waals surface area (Å²) < 4.78 is 2.13. The monoisotopic (exact) mass is 302 g/mol. The van der Waals surface area contributed by atoms with Gasteiger partial charge in [-0.25, -0.2) is 9.59 Å². The second kappa shape index (κ2) is 5.02. The van der Waals surface area contributed by atoms with E-state index < -0.39 is 17.2 Å². The molecule has 6 nitrogen and oxygen atoms in total. The minimum atomic E-state index is -1.02. The third-order valence-corrected chi connectivity index (χ3v) is 4.32. The number of hydrogen-bond donors (Lipinski definition) is 2. The number of carbonyl (C=O) groups is 1. The maximum atomic E-state index is 11.7. The lowest BCUT2D eigenvalue weighted by molar-refractivity contribution is 0.0701. The van der Waals surface area contributed by atoms with Crippen LogP contribution in [-0.4, -0.2) is 20.6 Å². The van der Waals surface area contributed by atoms with E-state index in [4.69, 9.17) is 0 Å². The van der Waals surface area contributed by atoms with Crippen LogP contribution in [0.1, 0.15) is 15.2 Å². The topological polar surface area (TPSA) is 92.2 Å². The number of aromatic nitrogens is 2. The molecule has 0 fully saturated rings. The number of aromatic amines is 1. The number of carboxylic acids is 1. The van der Waals surface area contributed by atoms with Crippen molar-refractivity contribution in [2.75, 3.05) is 0 Å². The van der Waals surface area contributed by atoms with Gasteiger partial charge >= 0.3 is 11.7 Å². The Morgan fingerprint density at radius 2 is 2.00 bits per heavy atom. The second-order valence-corrected chi connectivity index (χ2v) is 5.50. The molecule has 2 N–H and O–H groups in total. The smallest absolute Gasteiger partial charge is 0.346 e. The highest BCUT2D eigenvalue weighted by atomic mass is 32.1. The SMILES string of the molecule is O=C(O)c1sc2ccccc2c1Cn1ccc(=O)[nH]c1=O. The zero-order valence-electron chi connectivity index (χ0n) is 10.7. The minimum Gasteiger partial charge on any atom is -0.477 e. The molecule has 0 aliphatic carbocycles. The molecule has 0 radical (unpaired) electrons. The lowest BCUT2D eigenvalue weighted by Gasteiger charge is -2.05. The van der Waals surface area contributed by atoms with Crippen molar-refractivity contribution in [1.29, 1.82) is 0 Å². The van der Waals surface area contributed by atoms with Gasteiger partial charge in [0.25, 0.3) is 5.56 Å². The Labute approximate surface area is 121 Å². The van der Waals surface area contributed by atoms with Crippen molar-refractivity contribution in [3.63, 3.8) is 0 Å². The predicted octanol–water partition coefficient (Wildman–Crippen LogP) is 1.50. The fourth-order valence-electron chi connectivity index (χ4n) is 2.17. The number of benzene rings is 1. The number of carboxylic acid groups (broad SMARTS) is 1. The average Bonchev–Trinajstić information content (AvgIpc) is 2.81. The Morgan fingerprint density at radius 1 is 1.24 bits per heavy atom. The zero-order chi connectivity index (χ0) is 15.0. The lowest BCUT2D eigenvalue weighted by atomic mass is 10.1. The molecule has 0 unspecified atom stereocenters. The molecule has 0 saturated heterocycles. The largest absolute Gasteiger partial charge is 0.477 e. The van der Waals surface area contributed by atoms with E-state index in [0.717, 1.165) is 10.1 Å². The molecular formula is C14H10N2O4S. The molecule has 3 rings (SSSR count). The maximum Gasteiger partial charge on any atom is 0.346 e. The quantitative estimate of drug-likeness (QED) is 0.767. The van der Waals surface area contributed by atoms with Gasteiger partial charge in [0.15, 0.2) is 0 Å². The first-order chi connectivity index (χ1) is 10.1. The number of rotatable bonds is 3. The molecule has 2 aromatic heterocycles. The van der Waals surface area contributed by atoms with Crippen molar-refractivity contribution in [3.05, 3.63) is 67.8 Å². The Balaban J connectivity index is 2.19. The van der Waals surface area contributed by atoms with Gasteiger partial charge in [-0.3, -0.25) is 14.3 Å². The summed E-state index contributed by atoms with van der Waals surface area (Å²) in [6.45, 7) is 0.0985. The Morgan fingerprint density at radius 3 is 2.71 bits per heavy atom. The van der Waals surface area contributed by atoms with Gasteiger partial charge in [0, 0.05) is 22.5 Å². The molecule has 106 valence electrons. The van der Waals surface area contributed by atoms with E-state index in [0.29, 0.717) is 5.56 Å². The third kappa shape index (κ3) is 2.38. The van der Waals surface area contributed by atoms with Crippen LogP contribution < -0.4 is 11.2 Å². The first kappa shape index (κ1) is 13.3. The van der Waals surface area contributed by atoms with Crippen molar-refractivity contribution in [3.8, 4) is 0 Å². The molecule has 1 aromatic carbocycles. The summed E-state index contributed by atoms with van der Waals surface area (Å²) in [5.41, 5.74) is -0.476. The molecule has 0 amide bonds. The molecule has 2 heterocycles. The van der Waals surface area contributed by atoms with Crippen LogP contribution >= 0.6 is 11.3 Å². The van der Waals surface area contributed by atoms with Crippen LogP contribution in [0.4, 0.5) is 0 Å². The highest BCUT2D eigenvalue weighted by Gasteiger charge is 2.18. The summed E-state index contributed by atoms with van der Waals surface area (Å²) in [5, 5.41) is 10.1. The van der Waals surface area contributed by atoms with E-state index in [9.17, 15) is 19.5 Å². The van der Waals surface area contributed by atoms with Crippen LogP contribution in [-0.2, 0) is 6.54 Å². The Hall–Kier alpha value is -2.67. The fraction of sp³-hybridized carbons (Fsp3) is 0.0714. The summed E-state index contributed by atoms with van der Waals surface area (Å²) in [4.78, 5) is 36.6. The van der Waals surface area contributed by atoms with Gasteiger partial charge in [-0.2, -0.15) is 0 Å². The molecule has 0 saturated carbocycles. The molecule has 3 aromatic rings. The summed E-state index contributed by atoms with van der Waals surface area (Å²) in [6.07, 6.45) is 1.36. The highest BCUT2D eigenvalue weighted by molar-refractivity contribution is 7.21. The zero-order valence-corrected chi connectivity index (χ0v) is 11.5. The van der Waals surface area contributed by atoms with Gasteiger partial charge in [0.05, 0.1) is 6.54 Å². The molecule has 0 spiro atoms. The number of aromatic carboxylic acids is 1. The number of thiophene rings is 1. The van der Waals surface area contributed by atoms with Crippen LogP contribution in [0.2, 0.25) is 0 Å². The summed E-state index contributed by atoms with van der Waals surface area (Å²) in [6, 6.07) is 8.55. The van der Waals surface area contributed by atoms with Crippen LogP contribution in [0.5, 0.6) is 0 Å². The van der Waals surface area contributed by atoms with Gasteiger partial charge in [-0.1, -0.05) is 18.2 Å². The van der Waals surface area contributed by atoms with Gasteiger partial charge in [0.1, 0.15) is 4.88 Å². The van der Waals surface area contributed by atoms with Gasteiger partial charge in [0.2, 0.25) is 0 Å². The van der Waals surface area contributed by atoms with Crippen LogP contribution in [0, 0.1) is 0 Å². The summed E-state index contributed by atoms with van der Waals surface area (Å²) in [7, 11) is 0. The first-order valence-corrected chi connectivity index (χ1v) is 6.91. The van der Waals surface area contributed by atoms with E-state index in [1.807, 2.05) is 24.3 Å². The van der Waals surface area contributed by atoms with Gasteiger partial charge in [-0.05, 0) is 11.5 Å². The molecular weight excluding hydrogens is 292 g/mol. The standard InChI is InChI=1S/C14H10N2O4S/c17-11-5-6-16(14(20)15-11)7-9-8-3-1-2-4-10(8)21-12(9)13(18)19/h1-6H,7H2,(H,18,19)(H,15,17,20). The minimum absolute atomic E-state index is 0.0985. The van der Waals surface area contributed by atoms with E-state index in [1.165, 1.54) is 28.2 Å². The van der Waals surface area contributed by atoms with Crippen molar-refractivity contribution >= 4 is 27.4 Å². The van der Waals surface area contributed by atoms with Crippen LogP contribution in [0.25, 0.3) is 10.1 Å². The van der Waals surface area contributed by atoms with E-state index in [2.05, 4.69) is 4.98 Å². The molecule has 0 bridgehead atoms. The van der Waals surface area contributed by atoms with E-state index in [1.54, 1.807) is 0 Å². The molecule has 0 aliphatic rings. The fourth-order valence-corrected chi connectivity index (χ4v) is 3.22. The Bertz CT molecular complexity index is 951. The van der Waals surface area contributed by atoms with Crippen molar-refractivity contribution in [2.24, 2.45) is 0 Å². The van der Waals surface area contributed by atoms with Crippen LogP contribution in [0.15, 0.2) is 46.1 Å². The second-order valence-electron chi connectivity index (χ2n) is 4.45.